The number of halogens is 5. The predicted molar refractivity (Wildman–Crippen MR) is 139 cm³/mol. The summed E-state index contributed by atoms with van der Waals surface area (Å²) in [7, 11) is 0. The molecule has 3 unspecified atom stereocenters. The topological polar surface area (TPSA) is 57.6 Å². The summed E-state index contributed by atoms with van der Waals surface area (Å²) in [5.74, 6) is -2.01. The average molecular weight is 564 g/mol. The van der Waals surface area contributed by atoms with E-state index in [1.54, 1.807) is 18.2 Å². The lowest BCUT2D eigenvalue weighted by Crippen LogP contribution is -2.52. The summed E-state index contributed by atoms with van der Waals surface area (Å²) in [6.07, 6.45) is -1.79. The van der Waals surface area contributed by atoms with E-state index in [-0.39, 0.29) is 29.6 Å². The number of likely N-dealkylation sites (tertiary alicyclic amines) is 1. The van der Waals surface area contributed by atoms with Crippen LogP contribution >= 0.6 is 0 Å². The second kappa shape index (κ2) is 10.1. The van der Waals surface area contributed by atoms with E-state index in [1.165, 1.54) is 24.3 Å². The third-order valence-corrected chi connectivity index (χ3v) is 9.81. The number of alkyl halides is 4. The SMILES string of the molecule is C[C@@H]1CN(C(=O)[C@H]2CC[C@H](C(=O)O)CC2)C2CCc3cc(C(C)(F)C(F)(F)F)ccc3C21Cc1ccc(F)cc1. The molecule has 2 aromatic carbocycles. The Balaban J connectivity index is 1.53. The van der Waals surface area contributed by atoms with Crippen LogP contribution in [-0.2, 0) is 33.5 Å². The van der Waals surface area contributed by atoms with Gasteiger partial charge in [-0.1, -0.05) is 37.3 Å². The van der Waals surface area contributed by atoms with E-state index in [1.807, 2.05) is 11.8 Å². The van der Waals surface area contributed by atoms with E-state index in [9.17, 15) is 36.6 Å². The van der Waals surface area contributed by atoms with Gasteiger partial charge in [-0.2, -0.15) is 13.2 Å². The molecular weight excluding hydrogens is 529 g/mol. The molecule has 1 heterocycles. The number of carbonyl (C=O) groups excluding carboxylic acids is 1. The minimum Gasteiger partial charge on any atom is -0.481 e. The molecule has 2 aliphatic carbocycles. The van der Waals surface area contributed by atoms with E-state index < -0.39 is 34.7 Å². The molecule has 216 valence electrons. The van der Waals surface area contributed by atoms with E-state index >= 15 is 0 Å². The van der Waals surface area contributed by atoms with Crippen molar-refractivity contribution in [1.82, 2.24) is 4.90 Å². The molecule has 9 heteroatoms. The Bertz CT molecular complexity index is 1280. The van der Waals surface area contributed by atoms with Crippen LogP contribution in [0.3, 0.4) is 0 Å². The Morgan fingerprint density at radius 2 is 1.60 bits per heavy atom. The lowest BCUT2D eigenvalue weighted by atomic mass is 9.60. The summed E-state index contributed by atoms with van der Waals surface area (Å²) in [5.41, 5.74) is -2.29. The number of carboxylic acid groups (broad SMARTS) is 1. The third-order valence-electron chi connectivity index (χ3n) is 9.81. The van der Waals surface area contributed by atoms with Gasteiger partial charge in [-0.05, 0) is 92.2 Å². The normalized spacial score (nSPS) is 29.8. The second-order valence-corrected chi connectivity index (χ2v) is 12.0. The first kappa shape index (κ1) is 28.6. The van der Waals surface area contributed by atoms with Gasteiger partial charge in [-0.15, -0.1) is 0 Å². The minimum atomic E-state index is -5.06. The van der Waals surface area contributed by atoms with Crippen molar-refractivity contribution in [3.05, 3.63) is 70.5 Å². The van der Waals surface area contributed by atoms with Gasteiger partial charge in [-0.25, -0.2) is 8.78 Å². The molecule has 1 saturated carbocycles. The lowest BCUT2D eigenvalue weighted by molar-refractivity contribution is -0.228. The molecule has 3 aliphatic rings. The van der Waals surface area contributed by atoms with Crippen molar-refractivity contribution in [1.29, 1.82) is 0 Å². The van der Waals surface area contributed by atoms with E-state index in [4.69, 9.17) is 0 Å². The molecule has 0 aromatic heterocycles. The van der Waals surface area contributed by atoms with Crippen LogP contribution in [0.15, 0.2) is 42.5 Å². The number of carboxylic acids is 1. The van der Waals surface area contributed by atoms with E-state index in [0.29, 0.717) is 64.0 Å². The number of aryl methyl sites for hydroxylation is 1. The van der Waals surface area contributed by atoms with Gasteiger partial charge in [0.1, 0.15) is 5.82 Å². The number of benzene rings is 2. The Hall–Kier alpha value is -2.97. The highest BCUT2D eigenvalue weighted by atomic mass is 19.4. The van der Waals surface area contributed by atoms with Gasteiger partial charge in [0.25, 0.3) is 0 Å². The van der Waals surface area contributed by atoms with Crippen LogP contribution in [0, 0.1) is 23.6 Å². The van der Waals surface area contributed by atoms with Crippen molar-refractivity contribution in [2.75, 3.05) is 6.54 Å². The lowest BCUT2D eigenvalue weighted by Gasteiger charge is -2.46. The standard InChI is InChI=1S/C31H34F5NO3/c1-18-17-37(27(38)20-5-7-21(8-6-20)28(39)40)26-14-9-22-15-23(29(2,33)31(34,35)36)10-13-25(22)30(18,26)16-19-3-11-24(32)12-4-19/h3-4,10-13,15,18,20-21,26H,5-9,14,16-17H2,1-2H3,(H,39,40)/t18-,20-,21-,26?,29?,30?/m1/s1. The van der Waals surface area contributed by atoms with Gasteiger partial charge in [0.2, 0.25) is 11.6 Å². The molecule has 0 spiro atoms. The zero-order valence-electron chi connectivity index (χ0n) is 22.6. The highest BCUT2D eigenvalue weighted by molar-refractivity contribution is 5.81. The molecule has 1 aliphatic heterocycles. The zero-order chi connectivity index (χ0) is 29.0. The van der Waals surface area contributed by atoms with Gasteiger partial charge < -0.3 is 10.0 Å². The van der Waals surface area contributed by atoms with Crippen LogP contribution in [0.25, 0.3) is 0 Å². The Kier molecular flexibility index (Phi) is 7.24. The highest BCUT2D eigenvalue weighted by Crippen LogP contribution is 2.54. The molecule has 2 fully saturated rings. The van der Waals surface area contributed by atoms with Crippen LogP contribution in [0.1, 0.15) is 68.2 Å². The summed E-state index contributed by atoms with van der Waals surface area (Å²) in [4.78, 5) is 27.2. The molecule has 1 amide bonds. The summed E-state index contributed by atoms with van der Waals surface area (Å²) >= 11 is 0. The Morgan fingerprint density at radius 3 is 2.20 bits per heavy atom. The molecule has 0 radical (unpaired) electrons. The van der Waals surface area contributed by atoms with E-state index in [0.717, 1.165) is 11.1 Å². The summed E-state index contributed by atoms with van der Waals surface area (Å²) < 4.78 is 69.2. The van der Waals surface area contributed by atoms with Crippen LogP contribution < -0.4 is 0 Å². The number of carbonyl (C=O) groups is 2. The monoisotopic (exact) mass is 563 g/mol. The number of amides is 1. The van der Waals surface area contributed by atoms with Gasteiger partial charge in [-0.3, -0.25) is 9.59 Å². The summed E-state index contributed by atoms with van der Waals surface area (Å²) in [5, 5.41) is 9.36. The van der Waals surface area contributed by atoms with Crippen LogP contribution in [0.2, 0.25) is 0 Å². The number of fused-ring (bicyclic) bond motifs is 3. The average Bonchev–Trinajstić information content (AvgIpc) is 3.20. The molecule has 40 heavy (non-hydrogen) atoms. The zero-order valence-corrected chi connectivity index (χ0v) is 22.6. The molecule has 1 saturated heterocycles. The van der Waals surface area contributed by atoms with Crippen LogP contribution in [-0.4, -0.2) is 40.6 Å². The maximum Gasteiger partial charge on any atom is 0.426 e. The fourth-order valence-electron chi connectivity index (χ4n) is 7.45. The molecular formula is C31H34F5NO3. The second-order valence-electron chi connectivity index (χ2n) is 12.0. The van der Waals surface area contributed by atoms with Gasteiger partial charge in [0, 0.05) is 23.9 Å². The summed E-state index contributed by atoms with van der Waals surface area (Å²) in [6, 6.07) is 10.0. The smallest absolute Gasteiger partial charge is 0.426 e. The summed E-state index contributed by atoms with van der Waals surface area (Å²) in [6.45, 7) is 3.02. The largest absolute Gasteiger partial charge is 0.481 e. The highest BCUT2D eigenvalue weighted by Gasteiger charge is 2.58. The Labute approximate surface area is 230 Å². The van der Waals surface area contributed by atoms with Gasteiger partial charge in [0.15, 0.2) is 0 Å². The van der Waals surface area contributed by atoms with Crippen LogP contribution in [0.5, 0.6) is 0 Å². The first-order chi connectivity index (χ1) is 18.8. The van der Waals surface area contributed by atoms with E-state index in [2.05, 4.69) is 0 Å². The van der Waals surface area contributed by atoms with Gasteiger partial charge in [0.05, 0.1) is 5.92 Å². The molecule has 5 rings (SSSR count). The molecule has 4 atom stereocenters. The first-order valence-corrected chi connectivity index (χ1v) is 13.9. The fraction of sp³-hybridized carbons (Fsp3) is 0.548. The number of aliphatic carboxylic acids is 1. The van der Waals surface area contributed by atoms with Crippen molar-refractivity contribution in [3.63, 3.8) is 0 Å². The molecule has 0 bridgehead atoms. The molecule has 2 aromatic rings. The number of hydrogen-bond donors (Lipinski definition) is 1. The predicted octanol–water partition coefficient (Wildman–Crippen LogP) is 6.74. The van der Waals surface area contributed by atoms with Crippen molar-refractivity contribution >= 4 is 11.9 Å². The van der Waals surface area contributed by atoms with Crippen molar-refractivity contribution in [2.24, 2.45) is 17.8 Å². The maximum absolute atomic E-state index is 14.9. The first-order valence-electron chi connectivity index (χ1n) is 13.9. The van der Waals surface area contributed by atoms with Crippen LogP contribution in [0.4, 0.5) is 22.0 Å². The third kappa shape index (κ3) is 4.69. The number of hydrogen-bond acceptors (Lipinski definition) is 2. The van der Waals surface area contributed by atoms with Crippen molar-refractivity contribution in [2.45, 2.75) is 82.1 Å². The molecule has 4 nitrogen and oxygen atoms in total. The Morgan fingerprint density at radius 1 is 0.975 bits per heavy atom. The van der Waals surface area contributed by atoms with Gasteiger partial charge >= 0.3 is 12.1 Å². The number of nitrogens with zero attached hydrogens (tertiary/aromatic N) is 1. The molecule has 1 N–H and O–H groups in total. The van der Waals surface area contributed by atoms with Crippen molar-refractivity contribution in [3.8, 4) is 0 Å². The quantitative estimate of drug-likeness (QED) is 0.410. The number of rotatable bonds is 5. The van der Waals surface area contributed by atoms with Crippen molar-refractivity contribution < 1.29 is 36.6 Å². The maximum atomic E-state index is 14.9. The minimum absolute atomic E-state index is 0.00450. The fourth-order valence-corrected chi connectivity index (χ4v) is 7.45.